The summed E-state index contributed by atoms with van der Waals surface area (Å²) in [4.78, 5) is 18.7. The number of hydrogen-bond acceptors (Lipinski definition) is 4. The highest BCUT2D eigenvalue weighted by Crippen LogP contribution is 2.41. The minimum atomic E-state index is -0.959. The lowest BCUT2D eigenvalue weighted by Crippen LogP contribution is -2.36. The van der Waals surface area contributed by atoms with Crippen LogP contribution in [0, 0.1) is 5.41 Å². The highest BCUT2D eigenvalue weighted by atomic mass is 16.4. The molecule has 0 aliphatic carbocycles. The molecule has 26 heavy (non-hydrogen) atoms. The van der Waals surface area contributed by atoms with Gasteiger partial charge in [-0.05, 0) is 43.9 Å². The number of carboxylic acids is 1. The van der Waals surface area contributed by atoms with E-state index >= 15 is 0 Å². The average molecular weight is 354 g/mol. The summed E-state index contributed by atoms with van der Waals surface area (Å²) in [7, 11) is 0. The molecule has 5 nitrogen and oxygen atoms in total. The number of nitrogens with zero attached hydrogens (tertiary/aromatic N) is 2. The molecule has 0 radical (unpaired) electrons. The van der Waals surface area contributed by atoms with Crippen molar-refractivity contribution in [2.75, 3.05) is 18.0 Å². The molecular formula is C21H26N2O3. The molecule has 138 valence electrons. The molecule has 5 heteroatoms. The molecule has 1 aromatic carbocycles. The van der Waals surface area contributed by atoms with Crippen LogP contribution in [0.25, 0.3) is 0 Å². The van der Waals surface area contributed by atoms with Gasteiger partial charge in [0, 0.05) is 25.2 Å². The first-order chi connectivity index (χ1) is 12.4. The number of benzene rings is 1. The molecule has 3 rings (SSSR count). The van der Waals surface area contributed by atoms with Crippen molar-refractivity contribution in [1.82, 2.24) is 4.98 Å². The number of aliphatic hydroxyl groups is 1. The molecule has 1 atom stereocenters. The highest BCUT2D eigenvalue weighted by molar-refractivity contribution is 5.76. The van der Waals surface area contributed by atoms with Gasteiger partial charge in [-0.1, -0.05) is 36.4 Å². The molecule has 0 bridgehead atoms. The number of pyridine rings is 1. The van der Waals surface area contributed by atoms with Gasteiger partial charge in [-0.25, -0.2) is 4.98 Å². The summed E-state index contributed by atoms with van der Waals surface area (Å²) in [5, 5.41) is 19.4. The largest absolute Gasteiger partial charge is 0.481 e. The Balaban J connectivity index is 1.91. The van der Waals surface area contributed by atoms with Gasteiger partial charge >= 0.3 is 5.97 Å². The van der Waals surface area contributed by atoms with E-state index in [1.54, 1.807) is 20.0 Å². The topological polar surface area (TPSA) is 73.7 Å². The zero-order valence-corrected chi connectivity index (χ0v) is 15.3. The van der Waals surface area contributed by atoms with Gasteiger partial charge in [-0.2, -0.15) is 0 Å². The van der Waals surface area contributed by atoms with Crippen molar-refractivity contribution in [1.29, 1.82) is 0 Å². The fourth-order valence-corrected chi connectivity index (χ4v) is 3.65. The SMILES string of the molecule is CC(C)(C(=O)O)C(c1ccccc1)c1ccc(N2CCC(O)CC2)nc1. The van der Waals surface area contributed by atoms with Crippen LogP contribution < -0.4 is 4.90 Å². The smallest absolute Gasteiger partial charge is 0.310 e. The van der Waals surface area contributed by atoms with Gasteiger partial charge in [0.1, 0.15) is 5.82 Å². The molecule has 1 saturated heterocycles. The molecule has 0 spiro atoms. The van der Waals surface area contributed by atoms with Gasteiger partial charge in [0.25, 0.3) is 0 Å². The third-order valence-electron chi connectivity index (χ3n) is 5.30. The first-order valence-electron chi connectivity index (χ1n) is 9.07. The Morgan fingerprint density at radius 1 is 1.12 bits per heavy atom. The van der Waals surface area contributed by atoms with E-state index in [0.29, 0.717) is 0 Å². The van der Waals surface area contributed by atoms with E-state index in [4.69, 9.17) is 0 Å². The van der Waals surface area contributed by atoms with E-state index in [9.17, 15) is 15.0 Å². The van der Waals surface area contributed by atoms with Gasteiger partial charge in [0.05, 0.1) is 11.5 Å². The lowest BCUT2D eigenvalue weighted by atomic mass is 9.71. The Hall–Kier alpha value is -2.40. The Morgan fingerprint density at radius 3 is 2.31 bits per heavy atom. The summed E-state index contributed by atoms with van der Waals surface area (Å²) in [5.41, 5.74) is 0.903. The minimum absolute atomic E-state index is 0.218. The molecule has 2 heterocycles. The third kappa shape index (κ3) is 3.73. The van der Waals surface area contributed by atoms with E-state index in [0.717, 1.165) is 42.9 Å². The predicted octanol–water partition coefficient (Wildman–Crippen LogP) is 3.29. The second-order valence-corrected chi connectivity index (χ2v) is 7.54. The van der Waals surface area contributed by atoms with Gasteiger partial charge in [-0.3, -0.25) is 4.79 Å². The number of piperidine rings is 1. The van der Waals surface area contributed by atoms with Crippen LogP contribution in [-0.2, 0) is 4.79 Å². The quantitative estimate of drug-likeness (QED) is 0.862. The maximum Gasteiger partial charge on any atom is 0.310 e. The number of carboxylic acid groups (broad SMARTS) is 1. The van der Waals surface area contributed by atoms with Crippen molar-refractivity contribution < 1.29 is 15.0 Å². The summed E-state index contributed by atoms with van der Waals surface area (Å²) in [6, 6.07) is 13.7. The summed E-state index contributed by atoms with van der Waals surface area (Å²) in [6.45, 7) is 5.09. The molecule has 1 aromatic heterocycles. The van der Waals surface area contributed by atoms with Crippen LogP contribution in [0.1, 0.15) is 43.7 Å². The van der Waals surface area contributed by atoms with Crippen LogP contribution in [-0.4, -0.2) is 40.4 Å². The number of anilines is 1. The maximum atomic E-state index is 11.9. The van der Waals surface area contributed by atoms with E-state index < -0.39 is 11.4 Å². The fraction of sp³-hybridized carbons (Fsp3) is 0.429. The second-order valence-electron chi connectivity index (χ2n) is 7.54. The zero-order valence-electron chi connectivity index (χ0n) is 15.3. The molecule has 1 fully saturated rings. The van der Waals surface area contributed by atoms with E-state index in [-0.39, 0.29) is 12.0 Å². The number of hydrogen-bond donors (Lipinski definition) is 2. The molecule has 1 aliphatic heterocycles. The Kier molecular flexibility index (Phi) is 5.28. The van der Waals surface area contributed by atoms with Gasteiger partial charge in [0.2, 0.25) is 0 Å². The van der Waals surface area contributed by atoms with Crippen LogP contribution in [0.15, 0.2) is 48.7 Å². The van der Waals surface area contributed by atoms with Crippen LogP contribution in [0.3, 0.4) is 0 Å². The first-order valence-corrected chi connectivity index (χ1v) is 9.07. The summed E-state index contributed by atoms with van der Waals surface area (Å²) < 4.78 is 0. The van der Waals surface area contributed by atoms with Crippen LogP contribution in [0.5, 0.6) is 0 Å². The number of carbonyl (C=O) groups is 1. The minimum Gasteiger partial charge on any atom is -0.481 e. The van der Waals surface area contributed by atoms with Gasteiger partial charge in [-0.15, -0.1) is 0 Å². The van der Waals surface area contributed by atoms with Crippen molar-refractivity contribution in [3.8, 4) is 0 Å². The van der Waals surface area contributed by atoms with Crippen molar-refractivity contribution in [2.24, 2.45) is 5.41 Å². The Morgan fingerprint density at radius 2 is 1.77 bits per heavy atom. The number of rotatable bonds is 5. The molecule has 1 aliphatic rings. The Labute approximate surface area is 154 Å². The van der Waals surface area contributed by atoms with Gasteiger partial charge in [0.15, 0.2) is 0 Å². The molecular weight excluding hydrogens is 328 g/mol. The van der Waals surface area contributed by atoms with E-state index in [1.807, 2.05) is 42.5 Å². The van der Waals surface area contributed by atoms with Crippen molar-refractivity contribution in [2.45, 2.75) is 38.7 Å². The lowest BCUT2D eigenvalue weighted by molar-refractivity contribution is -0.147. The lowest BCUT2D eigenvalue weighted by Gasteiger charge is -2.33. The molecule has 1 unspecified atom stereocenters. The fourth-order valence-electron chi connectivity index (χ4n) is 3.65. The number of aromatic nitrogens is 1. The predicted molar refractivity (Wildman–Crippen MR) is 101 cm³/mol. The van der Waals surface area contributed by atoms with Crippen molar-refractivity contribution in [3.05, 3.63) is 59.8 Å². The zero-order chi connectivity index (χ0) is 18.7. The van der Waals surface area contributed by atoms with Crippen LogP contribution in [0.2, 0.25) is 0 Å². The standard InChI is InChI=1S/C21H26N2O3/c1-21(2,20(25)26)19(15-6-4-3-5-7-15)16-8-9-18(22-14-16)23-12-10-17(24)11-13-23/h3-9,14,17,19,24H,10-13H2,1-2H3,(H,25,26). The number of aliphatic carboxylic acids is 1. The molecule has 0 amide bonds. The number of aliphatic hydroxyl groups excluding tert-OH is 1. The second kappa shape index (κ2) is 7.46. The normalized spacial score (nSPS) is 17.1. The first kappa shape index (κ1) is 18.4. The van der Waals surface area contributed by atoms with E-state index in [1.165, 1.54) is 0 Å². The monoisotopic (exact) mass is 354 g/mol. The molecule has 2 aromatic rings. The van der Waals surface area contributed by atoms with Crippen LogP contribution >= 0.6 is 0 Å². The highest BCUT2D eigenvalue weighted by Gasteiger charge is 2.39. The summed E-state index contributed by atoms with van der Waals surface area (Å²) in [5.74, 6) is -0.244. The van der Waals surface area contributed by atoms with Crippen molar-refractivity contribution >= 4 is 11.8 Å². The summed E-state index contributed by atoms with van der Waals surface area (Å²) in [6.07, 6.45) is 3.08. The molecule has 2 N–H and O–H groups in total. The molecule has 0 saturated carbocycles. The third-order valence-corrected chi connectivity index (χ3v) is 5.30. The average Bonchev–Trinajstić information content (AvgIpc) is 2.64. The van der Waals surface area contributed by atoms with Crippen LogP contribution in [0.4, 0.5) is 5.82 Å². The maximum absolute atomic E-state index is 11.9. The Bertz CT molecular complexity index is 736. The van der Waals surface area contributed by atoms with Gasteiger partial charge < -0.3 is 15.1 Å². The summed E-state index contributed by atoms with van der Waals surface area (Å²) >= 11 is 0. The van der Waals surface area contributed by atoms with E-state index in [2.05, 4.69) is 9.88 Å². The van der Waals surface area contributed by atoms with Crippen molar-refractivity contribution in [3.63, 3.8) is 0 Å².